The van der Waals surface area contributed by atoms with Crippen molar-refractivity contribution in [2.45, 2.75) is 19.6 Å². The Hall–Kier alpha value is -2.28. The number of hydrogen-bond acceptors (Lipinski definition) is 5. The summed E-state index contributed by atoms with van der Waals surface area (Å²) in [6, 6.07) is 10.4. The highest BCUT2D eigenvalue weighted by molar-refractivity contribution is 9.10. The van der Waals surface area contributed by atoms with E-state index in [1.165, 1.54) is 13.0 Å². The molecule has 1 amide bonds. The fourth-order valence-corrected chi connectivity index (χ4v) is 2.18. The molecule has 0 spiro atoms. The van der Waals surface area contributed by atoms with E-state index in [0.717, 1.165) is 5.56 Å². The van der Waals surface area contributed by atoms with Gasteiger partial charge in [-0.3, -0.25) is 4.79 Å². The van der Waals surface area contributed by atoms with Gasteiger partial charge < -0.3 is 19.2 Å². The summed E-state index contributed by atoms with van der Waals surface area (Å²) in [7, 11) is 1.56. The van der Waals surface area contributed by atoms with Crippen LogP contribution in [0.1, 0.15) is 23.0 Å². The van der Waals surface area contributed by atoms with Gasteiger partial charge >= 0.3 is 5.97 Å². The minimum absolute atomic E-state index is 0.0289. The molecule has 1 N–H and O–H groups in total. The lowest BCUT2D eigenvalue weighted by atomic mass is 10.2. The van der Waals surface area contributed by atoms with Crippen LogP contribution in [0.4, 0.5) is 0 Å². The predicted molar refractivity (Wildman–Crippen MR) is 86.1 cm³/mol. The number of ether oxygens (including phenoxy) is 2. The van der Waals surface area contributed by atoms with Crippen molar-refractivity contribution in [1.82, 2.24) is 5.32 Å². The average molecular weight is 382 g/mol. The lowest BCUT2D eigenvalue weighted by molar-refractivity contribution is -0.129. The van der Waals surface area contributed by atoms with Gasteiger partial charge in [0.1, 0.15) is 5.75 Å². The van der Waals surface area contributed by atoms with Crippen molar-refractivity contribution in [3.8, 4) is 5.75 Å². The van der Waals surface area contributed by atoms with Crippen molar-refractivity contribution < 1.29 is 23.5 Å². The largest absolute Gasteiger partial charge is 0.496 e. The molecule has 1 aromatic carbocycles. The smallest absolute Gasteiger partial charge is 0.375 e. The Morgan fingerprint density at radius 3 is 2.65 bits per heavy atom. The molecule has 0 fully saturated rings. The van der Waals surface area contributed by atoms with E-state index in [-0.39, 0.29) is 12.3 Å². The third kappa shape index (κ3) is 4.59. The SMILES string of the molecule is COc1ccccc1CNC(=O)C(C)OC(=O)c1ccc(Br)o1. The number of methoxy groups -OCH3 is 1. The molecule has 0 saturated carbocycles. The first-order valence-corrected chi connectivity index (χ1v) is 7.66. The molecule has 0 saturated heterocycles. The third-order valence-electron chi connectivity index (χ3n) is 3.07. The topological polar surface area (TPSA) is 77.8 Å². The van der Waals surface area contributed by atoms with E-state index in [2.05, 4.69) is 21.2 Å². The summed E-state index contributed by atoms with van der Waals surface area (Å²) in [4.78, 5) is 23.8. The number of carbonyl (C=O) groups is 2. The number of halogens is 1. The Morgan fingerprint density at radius 1 is 1.26 bits per heavy atom. The van der Waals surface area contributed by atoms with Gasteiger partial charge in [-0.05, 0) is 41.1 Å². The van der Waals surface area contributed by atoms with Crippen LogP contribution in [0.25, 0.3) is 0 Å². The number of hydrogen-bond donors (Lipinski definition) is 1. The normalized spacial score (nSPS) is 11.6. The van der Waals surface area contributed by atoms with E-state index in [1.54, 1.807) is 19.2 Å². The molecule has 0 radical (unpaired) electrons. The van der Waals surface area contributed by atoms with Crippen molar-refractivity contribution in [1.29, 1.82) is 0 Å². The van der Waals surface area contributed by atoms with Gasteiger partial charge in [-0.1, -0.05) is 18.2 Å². The van der Waals surface area contributed by atoms with Crippen molar-refractivity contribution in [2.75, 3.05) is 7.11 Å². The summed E-state index contributed by atoms with van der Waals surface area (Å²) in [6.45, 7) is 1.77. The highest BCUT2D eigenvalue weighted by atomic mass is 79.9. The molecule has 1 aromatic heterocycles. The fraction of sp³-hybridized carbons (Fsp3) is 0.250. The molecule has 0 bridgehead atoms. The van der Waals surface area contributed by atoms with Gasteiger partial charge in [0.25, 0.3) is 5.91 Å². The van der Waals surface area contributed by atoms with Gasteiger partial charge in [0.05, 0.1) is 7.11 Å². The van der Waals surface area contributed by atoms with Crippen LogP contribution in [0.15, 0.2) is 45.5 Å². The van der Waals surface area contributed by atoms with Crippen LogP contribution in [0, 0.1) is 0 Å². The zero-order chi connectivity index (χ0) is 16.8. The lowest BCUT2D eigenvalue weighted by Crippen LogP contribution is -2.35. The van der Waals surface area contributed by atoms with E-state index in [9.17, 15) is 9.59 Å². The molecule has 0 aliphatic carbocycles. The summed E-state index contributed by atoms with van der Waals surface area (Å²) < 4.78 is 15.8. The molecule has 23 heavy (non-hydrogen) atoms. The number of rotatable bonds is 6. The van der Waals surface area contributed by atoms with Gasteiger partial charge in [-0.15, -0.1) is 0 Å². The Kier molecular flexibility index (Phi) is 5.81. The molecule has 6 nitrogen and oxygen atoms in total. The zero-order valence-electron chi connectivity index (χ0n) is 12.7. The van der Waals surface area contributed by atoms with Crippen LogP contribution in [0.2, 0.25) is 0 Å². The minimum atomic E-state index is -0.943. The molecule has 1 atom stereocenters. The average Bonchev–Trinajstić information content (AvgIpc) is 2.99. The van der Waals surface area contributed by atoms with Gasteiger partial charge in [0.2, 0.25) is 5.76 Å². The maximum atomic E-state index is 12.0. The summed E-state index contributed by atoms with van der Waals surface area (Å²) in [6.07, 6.45) is -0.943. The molecular formula is C16H16BrNO5. The van der Waals surface area contributed by atoms with Crippen LogP contribution >= 0.6 is 15.9 Å². The monoisotopic (exact) mass is 381 g/mol. The van der Waals surface area contributed by atoms with Crippen molar-refractivity contribution in [3.05, 3.63) is 52.4 Å². The highest BCUT2D eigenvalue weighted by Gasteiger charge is 2.21. The standard InChI is InChI=1S/C16H16BrNO5/c1-10(22-16(20)13-7-8-14(17)23-13)15(19)18-9-11-5-3-4-6-12(11)21-2/h3-8,10H,9H2,1-2H3,(H,18,19). The summed E-state index contributed by atoms with van der Waals surface area (Å²) >= 11 is 3.09. The van der Waals surface area contributed by atoms with E-state index in [1.807, 2.05) is 18.2 Å². The summed E-state index contributed by atoms with van der Waals surface area (Å²) in [5.74, 6) is -0.398. The summed E-state index contributed by atoms with van der Waals surface area (Å²) in [5.41, 5.74) is 0.830. The van der Waals surface area contributed by atoms with Crippen LogP contribution in [-0.2, 0) is 16.1 Å². The van der Waals surface area contributed by atoms with Gasteiger partial charge in [-0.2, -0.15) is 0 Å². The molecule has 0 aliphatic heterocycles. The predicted octanol–water partition coefficient (Wildman–Crippen LogP) is 2.91. The van der Waals surface area contributed by atoms with Gasteiger partial charge in [0, 0.05) is 12.1 Å². The van der Waals surface area contributed by atoms with Gasteiger partial charge in [-0.25, -0.2) is 4.79 Å². The van der Waals surface area contributed by atoms with E-state index >= 15 is 0 Å². The molecule has 2 aromatic rings. The number of esters is 1. The first-order chi connectivity index (χ1) is 11.0. The Morgan fingerprint density at radius 2 is 2.00 bits per heavy atom. The Labute approximate surface area is 141 Å². The number of nitrogens with one attached hydrogen (secondary N) is 1. The van der Waals surface area contributed by atoms with Crippen molar-refractivity contribution in [2.24, 2.45) is 0 Å². The number of para-hydroxylation sites is 1. The maximum absolute atomic E-state index is 12.0. The third-order valence-corrected chi connectivity index (χ3v) is 3.50. The van der Waals surface area contributed by atoms with Gasteiger partial charge in [0.15, 0.2) is 10.8 Å². The summed E-state index contributed by atoms with van der Waals surface area (Å²) in [5, 5.41) is 2.70. The molecule has 2 rings (SSSR count). The second-order valence-electron chi connectivity index (χ2n) is 4.68. The van der Waals surface area contributed by atoms with E-state index in [0.29, 0.717) is 10.4 Å². The first kappa shape index (κ1) is 17.1. The molecular weight excluding hydrogens is 366 g/mol. The molecule has 1 unspecified atom stereocenters. The quantitative estimate of drug-likeness (QED) is 0.778. The first-order valence-electron chi connectivity index (χ1n) is 6.87. The van der Waals surface area contributed by atoms with E-state index < -0.39 is 18.0 Å². The van der Waals surface area contributed by atoms with Crippen molar-refractivity contribution in [3.63, 3.8) is 0 Å². The lowest BCUT2D eigenvalue weighted by Gasteiger charge is -2.14. The number of carbonyl (C=O) groups excluding carboxylic acids is 2. The van der Waals surface area contributed by atoms with Crippen molar-refractivity contribution >= 4 is 27.8 Å². The molecule has 1 heterocycles. The van der Waals surface area contributed by atoms with Crippen LogP contribution in [0.5, 0.6) is 5.75 Å². The fourth-order valence-electron chi connectivity index (χ4n) is 1.87. The molecule has 0 aliphatic rings. The second kappa shape index (κ2) is 7.82. The maximum Gasteiger partial charge on any atom is 0.375 e. The molecule has 122 valence electrons. The second-order valence-corrected chi connectivity index (χ2v) is 5.46. The number of benzene rings is 1. The zero-order valence-corrected chi connectivity index (χ0v) is 14.3. The van der Waals surface area contributed by atoms with Crippen LogP contribution < -0.4 is 10.1 Å². The van der Waals surface area contributed by atoms with E-state index in [4.69, 9.17) is 13.9 Å². The van der Waals surface area contributed by atoms with Crippen LogP contribution in [-0.4, -0.2) is 25.1 Å². The Balaban J connectivity index is 1.89. The Bertz CT molecular complexity index is 697. The minimum Gasteiger partial charge on any atom is -0.496 e. The molecule has 7 heteroatoms. The number of furan rings is 1. The highest BCUT2D eigenvalue weighted by Crippen LogP contribution is 2.17. The number of amides is 1. The van der Waals surface area contributed by atoms with Crippen LogP contribution in [0.3, 0.4) is 0 Å².